The number of ether oxygens (including phenoxy) is 1. The van der Waals surface area contributed by atoms with Gasteiger partial charge in [-0.3, -0.25) is 4.90 Å². The van der Waals surface area contributed by atoms with E-state index in [9.17, 15) is 0 Å². The van der Waals surface area contributed by atoms with Gasteiger partial charge in [-0.15, -0.1) is 0 Å². The van der Waals surface area contributed by atoms with Crippen molar-refractivity contribution in [1.29, 1.82) is 0 Å². The zero-order chi connectivity index (χ0) is 12.5. The summed E-state index contributed by atoms with van der Waals surface area (Å²) in [6.45, 7) is 8.44. The Morgan fingerprint density at radius 1 is 1.11 bits per heavy atom. The van der Waals surface area contributed by atoms with Crippen LogP contribution in [0.2, 0.25) is 0 Å². The summed E-state index contributed by atoms with van der Waals surface area (Å²) < 4.78 is 7.45. The number of rotatable bonds is 8. The van der Waals surface area contributed by atoms with Gasteiger partial charge in [0.25, 0.3) is 0 Å². The van der Waals surface area contributed by atoms with E-state index in [1.807, 2.05) is 18.7 Å². The van der Waals surface area contributed by atoms with Crippen LogP contribution in [0.5, 0.6) is 0 Å². The lowest BCUT2D eigenvalue weighted by molar-refractivity contribution is 0.0374. The number of nitrogens with one attached hydrogen (secondary N) is 1. The van der Waals surface area contributed by atoms with E-state index >= 15 is 0 Å². The van der Waals surface area contributed by atoms with Gasteiger partial charge in [-0.05, 0) is 32.5 Å². The van der Waals surface area contributed by atoms with E-state index in [2.05, 4.69) is 19.8 Å². The summed E-state index contributed by atoms with van der Waals surface area (Å²) in [7, 11) is 0. The van der Waals surface area contributed by atoms with Crippen LogP contribution in [0.15, 0.2) is 18.7 Å². The molecule has 0 unspecified atom stereocenters. The van der Waals surface area contributed by atoms with Gasteiger partial charge in [0.15, 0.2) is 0 Å². The van der Waals surface area contributed by atoms with Crippen LogP contribution in [0.1, 0.15) is 12.8 Å². The van der Waals surface area contributed by atoms with Crippen molar-refractivity contribution in [3.05, 3.63) is 18.7 Å². The molecular weight excluding hydrogens is 228 g/mol. The second-order valence-corrected chi connectivity index (χ2v) is 4.71. The van der Waals surface area contributed by atoms with E-state index in [1.165, 1.54) is 13.0 Å². The highest BCUT2D eigenvalue weighted by molar-refractivity contribution is 4.73. The van der Waals surface area contributed by atoms with Crippen molar-refractivity contribution in [2.24, 2.45) is 0 Å². The molecule has 0 radical (unpaired) electrons. The van der Waals surface area contributed by atoms with E-state index < -0.39 is 0 Å². The minimum absolute atomic E-state index is 0.901. The SMILES string of the molecule is c1cn(CCCNCCCN2CCOCC2)cn1. The molecule has 1 saturated heterocycles. The molecule has 0 amide bonds. The van der Waals surface area contributed by atoms with Crippen molar-refractivity contribution in [1.82, 2.24) is 19.8 Å². The Bertz CT molecular complexity index is 296. The highest BCUT2D eigenvalue weighted by Crippen LogP contribution is 1.97. The second-order valence-electron chi connectivity index (χ2n) is 4.71. The molecule has 18 heavy (non-hydrogen) atoms. The number of hydrogen-bond acceptors (Lipinski definition) is 4. The molecule has 1 N–H and O–H groups in total. The first-order chi connectivity index (χ1) is 8.95. The number of hydrogen-bond donors (Lipinski definition) is 1. The zero-order valence-corrected chi connectivity index (χ0v) is 11.1. The fourth-order valence-corrected chi connectivity index (χ4v) is 2.18. The molecule has 0 spiro atoms. The minimum Gasteiger partial charge on any atom is -0.379 e. The van der Waals surface area contributed by atoms with Gasteiger partial charge in [-0.25, -0.2) is 4.98 Å². The van der Waals surface area contributed by atoms with Crippen LogP contribution in [0.4, 0.5) is 0 Å². The third-order valence-corrected chi connectivity index (χ3v) is 3.26. The van der Waals surface area contributed by atoms with Gasteiger partial charge in [0.2, 0.25) is 0 Å². The minimum atomic E-state index is 0.901. The Morgan fingerprint density at radius 2 is 1.89 bits per heavy atom. The Balaban J connectivity index is 1.39. The Kier molecular flexibility index (Phi) is 6.19. The fraction of sp³-hybridized carbons (Fsp3) is 0.769. The fourth-order valence-electron chi connectivity index (χ4n) is 2.18. The predicted molar refractivity (Wildman–Crippen MR) is 71.6 cm³/mol. The van der Waals surface area contributed by atoms with E-state index in [-0.39, 0.29) is 0 Å². The largest absolute Gasteiger partial charge is 0.379 e. The van der Waals surface area contributed by atoms with Crippen LogP contribution in [0.3, 0.4) is 0 Å². The van der Waals surface area contributed by atoms with Gasteiger partial charge in [0.1, 0.15) is 0 Å². The maximum atomic E-state index is 5.33. The molecule has 1 aliphatic heterocycles. The van der Waals surface area contributed by atoms with Crippen molar-refractivity contribution >= 4 is 0 Å². The normalized spacial score (nSPS) is 17.1. The smallest absolute Gasteiger partial charge is 0.0945 e. The number of aromatic nitrogens is 2. The van der Waals surface area contributed by atoms with Crippen LogP contribution >= 0.6 is 0 Å². The molecule has 1 aromatic heterocycles. The molecule has 0 aromatic carbocycles. The maximum Gasteiger partial charge on any atom is 0.0945 e. The average Bonchev–Trinajstić information content (AvgIpc) is 2.92. The Labute approximate surface area is 109 Å². The van der Waals surface area contributed by atoms with Gasteiger partial charge in [-0.1, -0.05) is 0 Å². The van der Waals surface area contributed by atoms with E-state index in [0.717, 1.165) is 52.4 Å². The molecular formula is C13H24N4O. The lowest BCUT2D eigenvalue weighted by Crippen LogP contribution is -2.37. The third kappa shape index (κ3) is 5.16. The first-order valence-corrected chi connectivity index (χ1v) is 6.92. The van der Waals surface area contributed by atoms with Crippen molar-refractivity contribution < 1.29 is 4.74 Å². The predicted octanol–water partition coefficient (Wildman–Crippen LogP) is 0.585. The Morgan fingerprint density at radius 3 is 2.61 bits per heavy atom. The van der Waals surface area contributed by atoms with Gasteiger partial charge in [0, 0.05) is 32.0 Å². The molecule has 1 aliphatic rings. The van der Waals surface area contributed by atoms with Crippen LogP contribution < -0.4 is 5.32 Å². The number of morpholine rings is 1. The van der Waals surface area contributed by atoms with Crippen LogP contribution in [-0.4, -0.2) is 60.4 Å². The van der Waals surface area contributed by atoms with Crippen molar-refractivity contribution in [2.45, 2.75) is 19.4 Å². The van der Waals surface area contributed by atoms with E-state index in [0.29, 0.717) is 0 Å². The van der Waals surface area contributed by atoms with Gasteiger partial charge in [0.05, 0.1) is 19.5 Å². The molecule has 0 saturated carbocycles. The first kappa shape index (κ1) is 13.5. The molecule has 2 rings (SSSR count). The molecule has 2 heterocycles. The highest BCUT2D eigenvalue weighted by atomic mass is 16.5. The van der Waals surface area contributed by atoms with Crippen LogP contribution in [-0.2, 0) is 11.3 Å². The van der Waals surface area contributed by atoms with Crippen molar-refractivity contribution in [3.8, 4) is 0 Å². The summed E-state index contributed by atoms with van der Waals surface area (Å²) >= 11 is 0. The van der Waals surface area contributed by atoms with Crippen LogP contribution in [0.25, 0.3) is 0 Å². The Hall–Kier alpha value is -0.910. The second kappa shape index (κ2) is 8.24. The quantitative estimate of drug-likeness (QED) is 0.688. The standard InChI is InChI=1S/C13H24N4O/c1(6-16-9-11-18-12-10-16)3-14-4-2-7-17-8-5-15-13-17/h5,8,13-14H,1-4,6-7,9-12H2. The van der Waals surface area contributed by atoms with Crippen LogP contribution in [0, 0.1) is 0 Å². The van der Waals surface area contributed by atoms with E-state index in [1.54, 1.807) is 0 Å². The molecule has 1 aromatic rings. The highest BCUT2D eigenvalue weighted by Gasteiger charge is 2.08. The summed E-state index contributed by atoms with van der Waals surface area (Å²) in [4.78, 5) is 6.51. The average molecular weight is 252 g/mol. The lowest BCUT2D eigenvalue weighted by Gasteiger charge is -2.26. The molecule has 5 heteroatoms. The van der Waals surface area contributed by atoms with Crippen molar-refractivity contribution in [3.63, 3.8) is 0 Å². The molecule has 0 aliphatic carbocycles. The van der Waals surface area contributed by atoms with Gasteiger partial charge in [-0.2, -0.15) is 0 Å². The summed E-state index contributed by atoms with van der Waals surface area (Å²) in [5.41, 5.74) is 0. The van der Waals surface area contributed by atoms with Crippen molar-refractivity contribution in [2.75, 3.05) is 45.9 Å². The number of imidazole rings is 1. The summed E-state index contributed by atoms with van der Waals surface area (Å²) in [5.74, 6) is 0. The molecule has 102 valence electrons. The molecule has 0 atom stereocenters. The topological polar surface area (TPSA) is 42.3 Å². The summed E-state index contributed by atoms with van der Waals surface area (Å²) in [6, 6.07) is 0. The maximum absolute atomic E-state index is 5.33. The summed E-state index contributed by atoms with van der Waals surface area (Å²) in [6.07, 6.45) is 8.10. The molecule has 5 nitrogen and oxygen atoms in total. The summed E-state index contributed by atoms with van der Waals surface area (Å²) in [5, 5.41) is 3.50. The monoisotopic (exact) mass is 252 g/mol. The van der Waals surface area contributed by atoms with Gasteiger partial charge < -0.3 is 14.6 Å². The number of nitrogens with zero attached hydrogens (tertiary/aromatic N) is 3. The number of aryl methyl sites for hydroxylation is 1. The lowest BCUT2D eigenvalue weighted by atomic mass is 10.3. The first-order valence-electron chi connectivity index (χ1n) is 6.92. The third-order valence-electron chi connectivity index (χ3n) is 3.26. The molecule has 0 bridgehead atoms. The molecule has 1 fully saturated rings. The van der Waals surface area contributed by atoms with Gasteiger partial charge >= 0.3 is 0 Å². The zero-order valence-electron chi connectivity index (χ0n) is 11.1. The van der Waals surface area contributed by atoms with E-state index in [4.69, 9.17) is 4.74 Å².